The van der Waals surface area contributed by atoms with Gasteiger partial charge in [-0.2, -0.15) is 0 Å². The Labute approximate surface area is 102 Å². The van der Waals surface area contributed by atoms with E-state index in [2.05, 4.69) is 62.2 Å². The fourth-order valence-corrected chi connectivity index (χ4v) is 2.92. The molecule has 1 aromatic carbocycles. The zero-order chi connectivity index (χ0) is 9.97. The van der Waals surface area contributed by atoms with Gasteiger partial charge in [0.2, 0.25) is 0 Å². The molecule has 74 valence electrons. The van der Waals surface area contributed by atoms with Gasteiger partial charge in [0.15, 0.2) is 0 Å². The molecule has 0 saturated heterocycles. The van der Waals surface area contributed by atoms with Gasteiger partial charge in [0.25, 0.3) is 0 Å². The van der Waals surface area contributed by atoms with E-state index in [1.54, 1.807) is 0 Å². The number of halogens is 2. The molecule has 0 amide bonds. The molecule has 2 rings (SSSR count). The monoisotopic (exact) mass is 314 g/mol. The molecular weight excluding hydrogens is 304 g/mol. The minimum atomic E-state index is 0.689. The first-order chi connectivity index (χ1) is 6.77. The normalized spacial score (nSPS) is 21.0. The quantitative estimate of drug-likeness (QED) is 0.743. The predicted molar refractivity (Wildman–Crippen MR) is 67.6 cm³/mol. The summed E-state index contributed by atoms with van der Waals surface area (Å²) in [4.78, 5) is 0. The van der Waals surface area contributed by atoms with E-state index in [0.717, 1.165) is 6.42 Å². The van der Waals surface area contributed by atoms with Gasteiger partial charge in [0, 0.05) is 4.47 Å². The summed E-state index contributed by atoms with van der Waals surface area (Å²) in [5, 5.41) is 0. The Hall–Kier alpha value is -0.0800. The third-order valence-electron chi connectivity index (χ3n) is 2.67. The maximum absolute atomic E-state index is 3.63. The van der Waals surface area contributed by atoms with Crippen molar-refractivity contribution in [3.63, 3.8) is 0 Å². The van der Waals surface area contributed by atoms with Crippen LogP contribution in [0, 0.1) is 5.92 Å². The van der Waals surface area contributed by atoms with Crippen molar-refractivity contribution in [2.45, 2.75) is 19.3 Å². The summed E-state index contributed by atoms with van der Waals surface area (Å²) < 4.78 is 2.61. The Kier molecular flexibility index (Phi) is 3.45. The van der Waals surface area contributed by atoms with Gasteiger partial charge in [0.05, 0.1) is 0 Å². The van der Waals surface area contributed by atoms with Crippen LogP contribution in [0.2, 0.25) is 0 Å². The molecule has 0 unspecified atom stereocenters. The predicted octanol–water partition coefficient (Wildman–Crippen LogP) is 4.68. The average molecular weight is 316 g/mol. The molecule has 0 bridgehead atoms. The molecule has 0 N–H and O–H groups in total. The van der Waals surface area contributed by atoms with Gasteiger partial charge in [-0.05, 0) is 41.3 Å². The van der Waals surface area contributed by atoms with Crippen molar-refractivity contribution in [3.05, 3.63) is 44.9 Å². The molecular formula is C12H12Br2. The number of hydrogen-bond donors (Lipinski definition) is 0. The minimum Gasteiger partial charge on any atom is -0.0740 e. The first kappa shape index (κ1) is 10.4. The van der Waals surface area contributed by atoms with Crippen molar-refractivity contribution in [1.29, 1.82) is 0 Å². The molecule has 0 aliphatic heterocycles. The summed E-state index contributed by atoms with van der Waals surface area (Å²) in [6.07, 6.45) is 5.93. The van der Waals surface area contributed by atoms with Gasteiger partial charge >= 0.3 is 0 Å². The van der Waals surface area contributed by atoms with Gasteiger partial charge in [-0.25, -0.2) is 0 Å². The second-order valence-corrected chi connectivity index (χ2v) is 5.43. The number of benzene rings is 1. The van der Waals surface area contributed by atoms with Crippen molar-refractivity contribution in [3.8, 4) is 0 Å². The minimum absolute atomic E-state index is 0.689. The van der Waals surface area contributed by atoms with Crippen molar-refractivity contribution < 1.29 is 0 Å². The van der Waals surface area contributed by atoms with Crippen LogP contribution in [0.5, 0.6) is 0 Å². The lowest BCUT2D eigenvalue weighted by Crippen LogP contribution is -2.00. The lowest BCUT2D eigenvalue weighted by atomic mass is 9.99. The highest BCUT2D eigenvalue weighted by atomic mass is 79.9. The van der Waals surface area contributed by atoms with E-state index in [4.69, 9.17) is 0 Å². The molecule has 1 aliphatic carbocycles. The summed E-state index contributed by atoms with van der Waals surface area (Å²) in [6.45, 7) is 0. The molecule has 0 heterocycles. The van der Waals surface area contributed by atoms with Crippen molar-refractivity contribution in [1.82, 2.24) is 0 Å². The second kappa shape index (κ2) is 4.63. The molecule has 0 fully saturated rings. The van der Waals surface area contributed by atoms with Crippen molar-refractivity contribution in [2.75, 3.05) is 0 Å². The Morgan fingerprint density at radius 3 is 2.64 bits per heavy atom. The Morgan fingerprint density at radius 2 is 2.00 bits per heavy atom. The van der Waals surface area contributed by atoms with Crippen LogP contribution >= 0.6 is 31.9 Å². The highest BCUT2D eigenvalue weighted by Gasteiger charge is 2.18. The topological polar surface area (TPSA) is 0 Å². The van der Waals surface area contributed by atoms with E-state index in [1.807, 2.05) is 0 Å². The molecule has 0 saturated carbocycles. The fourth-order valence-electron chi connectivity index (χ4n) is 1.86. The van der Waals surface area contributed by atoms with Gasteiger partial charge < -0.3 is 0 Å². The highest BCUT2D eigenvalue weighted by molar-refractivity contribution is 9.11. The largest absolute Gasteiger partial charge is 0.0740 e. The van der Waals surface area contributed by atoms with E-state index in [9.17, 15) is 0 Å². The standard InChI is InChI=1S/C12H12Br2/c13-11-6-2-1-4-9(11)8-10-5-3-7-12(10)14/h1-2,4,6-7,10H,3,5,8H2/t10-/m0/s1. The molecule has 1 atom stereocenters. The molecule has 0 radical (unpaired) electrons. The number of allylic oxidation sites excluding steroid dienone is 2. The van der Waals surface area contributed by atoms with E-state index in [-0.39, 0.29) is 0 Å². The summed E-state index contributed by atoms with van der Waals surface area (Å²) in [5.74, 6) is 0.689. The van der Waals surface area contributed by atoms with Crippen LogP contribution in [-0.2, 0) is 6.42 Å². The summed E-state index contributed by atoms with van der Waals surface area (Å²) in [7, 11) is 0. The van der Waals surface area contributed by atoms with Crippen LogP contribution in [0.1, 0.15) is 18.4 Å². The third kappa shape index (κ3) is 2.29. The molecule has 0 aromatic heterocycles. The maximum Gasteiger partial charge on any atom is 0.0207 e. The lowest BCUT2D eigenvalue weighted by molar-refractivity contribution is 0.623. The molecule has 0 nitrogen and oxygen atoms in total. The SMILES string of the molecule is BrC1=CCC[C@H]1Cc1ccccc1Br. The molecule has 14 heavy (non-hydrogen) atoms. The van der Waals surface area contributed by atoms with E-state index < -0.39 is 0 Å². The maximum atomic E-state index is 3.63. The average Bonchev–Trinajstić information content (AvgIpc) is 2.56. The molecule has 1 aliphatic rings. The van der Waals surface area contributed by atoms with E-state index in [0.29, 0.717) is 5.92 Å². The van der Waals surface area contributed by atoms with Gasteiger partial charge in [-0.3, -0.25) is 0 Å². The van der Waals surface area contributed by atoms with Gasteiger partial charge in [-0.1, -0.05) is 56.1 Å². The van der Waals surface area contributed by atoms with Crippen LogP contribution < -0.4 is 0 Å². The van der Waals surface area contributed by atoms with Crippen LogP contribution in [0.4, 0.5) is 0 Å². The van der Waals surface area contributed by atoms with Crippen LogP contribution in [0.15, 0.2) is 39.3 Å². The molecule has 1 aromatic rings. The Bertz CT molecular complexity index is 355. The van der Waals surface area contributed by atoms with Crippen LogP contribution in [0.3, 0.4) is 0 Å². The fraction of sp³-hybridized carbons (Fsp3) is 0.333. The molecule has 2 heteroatoms. The zero-order valence-corrected chi connectivity index (χ0v) is 11.0. The van der Waals surface area contributed by atoms with Gasteiger partial charge in [0.1, 0.15) is 0 Å². The summed E-state index contributed by atoms with van der Waals surface area (Å²) in [6, 6.07) is 8.48. The third-order valence-corrected chi connectivity index (χ3v) is 4.41. The first-order valence-corrected chi connectivity index (χ1v) is 6.45. The van der Waals surface area contributed by atoms with E-state index in [1.165, 1.54) is 27.4 Å². The Morgan fingerprint density at radius 1 is 1.21 bits per heavy atom. The molecule has 0 spiro atoms. The van der Waals surface area contributed by atoms with Crippen molar-refractivity contribution in [2.24, 2.45) is 5.92 Å². The van der Waals surface area contributed by atoms with E-state index >= 15 is 0 Å². The summed E-state index contributed by atoms with van der Waals surface area (Å²) in [5.41, 5.74) is 1.41. The lowest BCUT2D eigenvalue weighted by Gasteiger charge is -2.11. The van der Waals surface area contributed by atoms with Crippen LogP contribution in [0.25, 0.3) is 0 Å². The van der Waals surface area contributed by atoms with Gasteiger partial charge in [-0.15, -0.1) is 0 Å². The number of rotatable bonds is 2. The Balaban J connectivity index is 2.11. The first-order valence-electron chi connectivity index (χ1n) is 4.86. The summed E-state index contributed by atoms with van der Waals surface area (Å²) >= 11 is 7.22. The smallest absolute Gasteiger partial charge is 0.0207 e. The highest BCUT2D eigenvalue weighted by Crippen LogP contribution is 2.34. The zero-order valence-electron chi connectivity index (χ0n) is 7.84. The number of hydrogen-bond acceptors (Lipinski definition) is 0. The van der Waals surface area contributed by atoms with Crippen molar-refractivity contribution >= 4 is 31.9 Å². The van der Waals surface area contributed by atoms with Crippen LogP contribution in [-0.4, -0.2) is 0 Å². The second-order valence-electron chi connectivity index (χ2n) is 3.66.